The third-order valence-corrected chi connectivity index (χ3v) is 4.51. The number of hydrogen-bond donors (Lipinski definition) is 1. The molecular formula is C17H17FN2O3S. The molecule has 0 unspecified atom stereocenters. The number of carbonyl (C=O) groups excluding carboxylic acids is 1. The predicted molar refractivity (Wildman–Crippen MR) is 91.7 cm³/mol. The zero-order valence-electron chi connectivity index (χ0n) is 13.1. The number of non-ortho nitro benzene ring substituents is 1. The molecule has 0 saturated carbocycles. The van der Waals surface area contributed by atoms with Crippen LogP contribution in [-0.2, 0) is 11.2 Å². The number of halogens is 1. The van der Waals surface area contributed by atoms with Crippen LogP contribution >= 0.6 is 11.8 Å². The molecule has 0 radical (unpaired) electrons. The summed E-state index contributed by atoms with van der Waals surface area (Å²) in [6, 6.07) is 11.4. The average Bonchev–Trinajstić information content (AvgIpc) is 2.55. The number of nitro benzene ring substituents is 1. The van der Waals surface area contributed by atoms with Crippen LogP contribution in [0.5, 0.6) is 0 Å². The van der Waals surface area contributed by atoms with Crippen molar-refractivity contribution in [2.75, 3.05) is 12.3 Å². The van der Waals surface area contributed by atoms with E-state index in [0.29, 0.717) is 6.54 Å². The van der Waals surface area contributed by atoms with Crippen molar-refractivity contribution in [1.82, 2.24) is 5.32 Å². The van der Waals surface area contributed by atoms with Gasteiger partial charge in [0.1, 0.15) is 5.82 Å². The molecule has 0 spiro atoms. The highest BCUT2D eigenvalue weighted by molar-refractivity contribution is 8.00. The average molecular weight is 348 g/mol. The lowest BCUT2D eigenvalue weighted by molar-refractivity contribution is -0.385. The van der Waals surface area contributed by atoms with E-state index >= 15 is 0 Å². The van der Waals surface area contributed by atoms with Crippen LogP contribution in [0, 0.1) is 22.9 Å². The molecule has 0 aliphatic carbocycles. The molecular weight excluding hydrogens is 331 g/mol. The molecule has 1 amide bonds. The summed E-state index contributed by atoms with van der Waals surface area (Å²) in [5.74, 6) is -0.837. The molecule has 0 heterocycles. The normalized spacial score (nSPS) is 10.4. The number of nitro groups is 1. The van der Waals surface area contributed by atoms with Gasteiger partial charge in [0.05, 0.1) is 16.7 Å². The van der Waals surface area contributed by atoms with Gasteiger partial charge in [0.25, 0.3) is 5.69 Å². The van der Waals surface area contributed by atoms with Crippen LogP contribution < -0.4 is 5.32 Å². The summed E-state index contributed by atoms with van der Waals surface area (Å²) >= 11 is 1.02. The number of aryl methyl sites for hydroxylation is 1. The van der Waals surface area contributed by atoms with Gasteiger partial charge in [-0.15, -0.1) is 11.8 Å². The first kappa shape index (κ1) is 17.9. The summed E-state index contributed by atoms with van der Waals surface area (Å²) in [6.45, 7) is 2.53. The Kier molecular flexibility index (Phi) is 6.31. The van der Waals surface area contributed by atoms with Crippen molar-refractivity contribution in [3.63, 3.8) is 0 Å². The van der Waals surface area contributed by atoms with Crippen LogP contribution in [0.15, 0.2) is 47.4 Å². The van der Waals surface area contributed by atoms with Gasteiger partial charge in [0.15, 0.2) is 0 Å². The van der Waals surface area contributed by atoms with Gasteiger partial charge in [-0.1, -0.05) is 24.3 Å². The Morgan fingerprint density at radius 1 is 1.29 bits per heavy atom. The molecule has 1 N–H and O–H groups in total. The van der Waals surface area contributed by atoms with Gasteiger partial charge in [-0.3, -0.25) is 14.9 Å². The largest absolute Gasteiger partial charge is 0.355 e. The fraction of sp³-hybridized carbons (Fsp3) is 0.235. The van der Waals surface area contributed by atoms with Crippen molar-refractivity contribution in [2.45, 2.75) is 18.2 Å². The maximum atomic E-state index is 13.7. The molecule has 2 rings (SSSR count). The van der Waals surface area contributed by atoms with E-state index in [1.807, 2.05) is 31.2 Å². The molecule has 0 aliphatic rings. The van der Waals surface area contributed by atoms with Crippen molar-refractivity contribution in [3.05, 3.63) is 69.5 Å². The van der Waals surface area contributed by atoms with Gasteiger partial charge in [-0.2, -0.15) is 0 Å². The third kappa shape index (κ3) is 5.06. The zero-order valence-corrected chi connectivity index (χ0v) is 13.9. The topological polar surface area (TPSA) is 72.2 Å². The van der Waals surface area contributed by atoms with Crippen molar-refractivity contribution in [3.8, 4) is 0 Å². The highest BCUT2D eigenvalue weighted by atomic mass is 32.2. The number of nitrogens with zero attached hydrogens (tertiary/aromatic N) is 1. The smallest absolute Gasteiger partial charge is 0.272 e. The molecule has 24 heavy (non-hydrogen) atoms. The van der Waals surface area contributed by atoms with E-state index in [1.165, 1.54) is 23.3 Å². The fourth-order valence-corrected chi connectivity index (χ4v) is 2.89. The lowest BCUT2D eigenvalue weighted by Crippen LogP contribution is -2.27. The van der Waals surface area contributed by atoms with Crippen molar-refractivity contribution >= 4 is 23.4 Å². The number of rotatable bonds is 7. The van der Waals surface area contributed by atoms with E-state index in [1.54, 1.807) is 0 Å². The number of hydrogen-bond acceptors (Lipinski definition) is 4. The lowest BCUT2D eigenvalue weighted by atomic mass is 10.1. The Hall–Kier alpha value is -2.41. The second-order valence-corrected chi connectivity index (χ2v) is 6.20. The highest BCUT2D eigenvalue weighted by Gasteiger charge is 2.12. The van der Waals surface area contributed by atoms with Gasteiger partial charge in [-0.05, 0) is 30.5 Å². The van der Waals surface area contributed by atoms with Gasteiger partial charge in [0.2, 0.25) is 5.91 Å². The van der Waals surface area contributed by atoms with E-state index in [-0.39, 0.29) is 22.2 Å². The van der Waals surface area contributed by atoms with Gasteiger partial charge < -0.3 is 5.32 Å². The predicted octanol–water partition coefficient (Wildman–Crippen LogP) is 3.49. The lowest BCUT2D eigenvalue weighted by Gasteiger charge is -2.08. The summed E-state index contributed by atoms with van der Waals surface area (Å²) in [6.07, 6.45) is 0.731. The van der Waals surface area contributed by atoms with E-state index in [4.69, 9.17) is 0 Å². The molecule has 0 atom stereocenters. The van der Waals surface area contributed by atoms with Crippen LogP contribution in [0.25, 0.3) is 0 Å². The SMILES string of the molecule is Cc1ccccc1CCNC(=O)CSc1ccc([N+](=O)[O-])cc1F. The fourth-order valence-electron chi connectivity index (χ4n) is 2.14. The molecule has 0 saturated heterocycles. The zero-order chi connectivity index (χ0) is 17.5. The minimum Gasteiger partial charge on any atom is -0.355 e. The Balaban J connectivity index is 1.79. The Labute approximate surface area is 143 Å². The highest BCUT2D eigenvalue weighted by Crippen LogP contribution is 2.25. The summed E-state index contributed by atoms with van der Waals surface area (Å²) in [7, 11) is 0. The summed E-state index contributed by atoms with van der Waals surface area (Å²) in [4.78, 5) is 21.9. The Morgan fingerprint density at radius 3 is 2.71 bits per heavy atom. The van der Waals surface area contributed by atoms with Crippen LogP contribution in [0.3, 0.4) is 0 Å². The van der Waals surface area contributed by atoms with Gasteiger partial charge >= 0.3 is 0 Å². The molecule has 2 aromatic carbocycles. The van der Waals surface area contributed by atoms with Crippen molar-refractivity contribution in [2.24, 2.45) is 0 Å². The number of thioether (sulfide) groups is 1. The van der Waals surface area contributed by atoms with Crippen molar-refractivity contribution < 1.29 is 14.1 Å². The summed E-state index contributed by atoms with van der Waals surface area (Å²) in [5, 5.41) is 13.3. The first-order valence-electron chi connectivity index (χ1n) is 7.35. The molecule has 7 heteroatoms. The molecule has 2 aromatic rings. The molecule has 126 valence electrons. The summed E-state index contributed by atoms with van der Waals surface area (Å²) in [5.41, 5.74) is 2.04. The third-order valence-electron chi connectivity index (χ3n) is 3.46. The van der Waals surface area contributed by atoms with Crippen LogP contribution in [-0.4, -0.2) is 23.1 Å². The van der Waals surface area contributed by atoms with E-state index < -0.39 is 10.7 Å². The number of carbonyl (C=O) groups is 1. The summed E-state index contributed by atoms with van der Waals surface area (Å²) < 4.78 is 13.7. The maximum Gasteiger partial charge on any atom is 0.272 e. The maximum absolute atomic E-state index is 13.7. The van der Waals surface area contributed by atoms with Gasteiger partial charge in [-0.25, -0.2) is 4.39 Å². The van der Waals surface area contributed by atoms with Crippen LogP contribution in [0.1, 0.15) is 11.1 Å². The van der Waals surface area contributed by atoms with Crippen LogP contribution in [0.4, 0.5) is 10.1 Å². The van der Waals surface area contributed by atoms with E-state index in [9.17, 15) is 19.3 Å². The number of amides is 1. The monoisotopic (exact) mass is 348 g/mol. The quantitative estimate of drug-likeness (QED) is 0.472. The molecule has 0 aromatic heterocycles. The molecule has 5 nitrogen and oxygen atoms in total. The second kappa shape index (κ2) is 8.44. The number of nitrogens with one attached hydrogen (secondary N) is 1. The van der Waals surface area contributed by atoms with Crippen molar-refractivity contribution in [1.29, 1.82) is 0 Å². The van der Waals surface area contributed by atoms with Crippen LogP contribution in [0.2, 0.25) is 0 Å². The Bertz CT molecular complexity index is 752. The van der Waals surface area contributed by atoms with Gasteiger partial charge in [0, 0.05) is 17.5 Å². The molecule has 0 aliphatic heterocycles. The second-order valence-electron chi connectivity index (χ2n) is 5.19. The first-order valence-corrected chi connectivity index (χ1v) is 8.34. The standard InChI is InChI=1S/C17H17FN2O3S/c1-12-4-2-3-5-13(12)8-9-19-17(21)11-24-16-7-6-14(20(22)23)10-15(16)18/h2-7,10H,8-9,11H2,1H3,(H,19,21). The molecule has 0 bridgehead atoms. The Morgan fingerprint density at radius 2 is 2.04 bits per heavy atom. The minimum atomic E-state index is -0.693. The minimum absolute atomic E-state index is 0.0580. The number of benzene rings is 2. The first-order chi connectivity index (χ1) is 11.5. The molecule has 0 fully saturated rings. The van der Waals surface area contributed by atoms with E-state index in [2.05, 4.69) is 5.32 Å². The van der Waals surface area contributed by atoms with E-state index in [0.717, 1.165) is 24.2 Å².